The van der Waals surface area contributed by atoms with Gasteiger partial charge in [0.2, 0.25) is 0 Å². The van der Waals surface area contributed by atoms with Crippen molar-refractivity contribution in [3.63, 3.8) is 0 Å². The van der Waals surface area contributed by atoms with Crippen LogP contribution in [0.15, 0.2) is 222 Å². The molecule has 12 aromatic heterocycles. The Hall–Kier alpha value is -11.6. The molecule has 1 radical (unpaired) electrons. The quantitative estimate of drug-likeness (QED) is 0.0527. The van der Waals surface area contributed by atoms with Crippen LogP contribution in [0.2, 0.25) is 0 Å². The van der Waals surface area contributed by atoms with Gasteiger partial charge in [-0.15, -0.1) is 0 Å². The van der Waals surface area contributed by atoms with Gasteiger partial charge in [0.15, 0.2) is 0 Å². The van der Waals surface area contributed by atoms with Crippen molar-refractivity contribution in [1.29, 1.82) is 0 Å². The number of hydrogen-bond acceptors (Lipinski definition) is 18. The molecule has 106 heavy (non-hydrogen) atoms. The van der Waals surface area contributed by atoms with Gasteiger partial charge in [-0.3, -0.25) is 29.9 Å². The molecule has 18 nitrogen and oxygen atoms in total. The Kier molecular flexibility index (Phi) is 26.6. The van der Waals surface area contributed by atoms with Crippen LogP contribution >= 0.6 is 23.4 Å². The van der Waals surface area contributed by atoms with Crippen molar-refractivity contribution in [3.05, 3.63) is 289 Å². The fraction of sp³-hybridized carbons (Fsp3) is 0. The van der Waals surface area contributed by atoms with E-state index in [2.05, 4.69) is 89.7 Å². The standard InChI is InChI=1S/3C22H16N6.3F6P.Fe/c3*1(3-19-7-9-23-15-27-19)17-5-11-25-21(13-17)22-14-18(6-12-26-22)2-4-20-8-10-24-16-28-20;3*1-7(2,3,4,5)6;/h3*1-16H;;;;/q;;;3*-1;+3. The minimum Gasteiger partial charge on any atom is 3.00 e. The molecule has 0 atom stereocenters. The molecule has 0 saturated heterocycles. The third-order valence-corrected chi connectivity index (χ3v) is 11.8. The molecular weight excluding hydrogens is 1540 g/mol. The Morgan fingerprint density at radius 2 is 0.311 bits per heavy atom. The molecule has 0 unspecified atom stereocenters. The smallest absolute Gasteiger partial charge is 3.00 e. The molecule has 12 rings (SSSR count). The van der Waals surface area contributed by atoms with Gasteiger partial charge in [0.05, 0.1) is 68.3 Å². The van der Waals surface area contributed by atoms with Crippen molar-refractivity contribution >= 4 is 96.3 Å². The number of halogens is 18. The summed E-state index contributed by atoms with van der Waals surface area (Å²) in [6.45, 7) is 0. The summed E-state index contributed by atoms with van der Waals surface area (Å²) < 4.78 is 178. The molecule has 0 aliphatic heterocycles. The third kappa shape index (κ3) is 40.3. The van der Waals surface area contributed by atoms with E-state index in [9.17, 15) is 75.5 Å². The monoisotopic (exact) mass is 1580 g/mol. The first-order valence-corrected chi connectivity index (χ1v) is 35.2. The maximum Gasteiger partial charge on any atom is 3.00 e. The van der Waals surface area contributed by atoms with Crippen molar-refractivity contribution in [1.82, 2.24) is 89.7 Å². The van der Waals surface area contributed by atoms with E-state index in [4.69, 9.17) is 0 Å². The first kappa shape index (κ1) is 83.3. The van der Waals surface area contributed by atoms with Crippen LogP contribution in [0, 0.1) is 0 Å². The second-order valence-corrected chi connectivity index (χ2v) is 26.3. The molecular formula is C66H48F18FeN18P3. The number of nitrogens with zero attached hydrogens (tertiary/aromatic N) is 18. The topological polar surface area (TPSA) is 232 Å². The van der Waals surface area contributed by atoms with Gasteiger partial charge in [0, 0.05) is 74.4 Å². The summed E-state index contributed by atoms with van der Waals surface area (Å²) in [7, 11) is -32.0. The predicted molar refractivity (Wildman–Crippen MR) is 369 cm³/mol. The fourth-order valence-electron chi connectivity index (χ4n) is 7.63. The molecule has 0 amide bonds. The van der Waals surface area contributed by atoms with Crippen molar-refractivity contribution in [2.75, 3.05) is 0 Å². The van der Waals surface area contributed by atoms with Crippen LogP contribution in [0.3, 0.4) is 0 Å². The van der Waals surface area contributed by atoms with E-state index in [1.807, 2.05) is 182 Å². The zero-order valence-corrected chi connectivity index (χ0v) is 57.0. The van der Waals surface area contributed by atoms with Crippen LogP contribution < -0.4 is 0 Å². The summed E-state index contributed by atoms with van der Waals surface area (Å²) in [4.78, 5) is 75.4. The van der Waals surface area contributed by atoms with Gasteiger partial charge in [0.25, 0.3) is 0 Å². The molecule has 551 valence electrons. The normalized spacial score (nSPS) is 13.5. The molecule has 12 aromatic rings. The molecule has 0 aromatic carbocycles. The van der Waals surface area contributed by atoms with E-state index in [1.54, 1.807) is 74.4 Å². The SMILES string of the molecule is C(=Cc1ccncn1)c1ccnc(-c2cc(C=Cc3ccncn3)ccn2)c1.C(=Cc1ccncn1)c1ccnc(-c2cc(C=Cc3ccncn3)ccn2)c1.C(=Cc1ccncn1)c1ccnc(-c2cc(C=Cc3ccncn3)ccn2)c1.F[P-](F)(F)(F)(F)F.F[P-](F)(F)(F)(F)F.F[P-](F)(F)(F)(F)F.[Fe+3]. The Bertz CT molecular complexity index is 4200. The number of hydrogen-bond donors (Lipinski definition) is 0. The van der Waals surface area contributed by atoms with Crippen molar-refractivity contribution in [3.8, 4) is 34.2 Å². The Balaban J connectivity index is 0.000000218. The van der Waals surface area contributed by atoms with Gasteiger partial charge in [-0.1, -0.05) is 36.5 Å². The summed E-state index contributed by atoms with van der Waals surface area (Å²) in [5.74, 6) is 0. The van der Waals surface area contributed by atoms with Crippen LogP contribution in [0.5, 0.6) is 0 Å². The van der Waals surface area contributed by atoms with Crippen LogP contribution in [-0.2, 0) is 17.1 Å². The van der Waals surface area contributed by atoms with Crippen molar-refractivity contribution in [2.24, 2.45) is 0 Å². The zero-order valence-electron chi connectivity index (χ0n) is 53.3. The van der Waals surface area contributed by atoms with Crippen molar-refractivity contribution < 1.29 is 92.6 Å². The summed E-state index contributed by atoms with van der Waals surface area (Å²) >= 11 is 0. The molecule has 0 aliphatic carbocycles. The predicted octanol–water partition coefficient (Wildman–Crippen LogP) is 22.3. The van der Waals surface area contributed by atoms with Crippen LogP contribution in [0.25, 0.3) is 107 Å². The van der Waals surface area contributed by atoms with Crippen LogP contribution in [0.4, 0.5) is 75.5 Å². The van der Waals surface area contributed by atoms with Gasteiger partial charge in [-0.05, 0) is 179 Å². The van der Waals surface area contributed by atoms with E-state index < -0.39 is 23.4 Å². The minimum absolute atomic E-state index is 0. The summed E-state index contributed by atoms with van der Waals surface area (Å²) in [6.07, 6.45) is 53.7. The Labute approximate surface area is 599 Å². The minimum atomic E-state index is -10.7. The largest absolute Gasteiger partial charge is 3.00 e. The number of aromatic nitrogens is 18. The summed E-state index contributed by atoms with van der Waals surface area (Å²) in [5.41, 5.74) is 16.1. The number of pyridine rings is 6. The molecule has 40 heteroatoms. The van der Waals surface area contributed by atoms with E-state index in [1.165, 1.54) is 38.0 Å². The average molecular weight is 1580 g/mol. The maximum absolute atomic E-state index is 10.7. The van der Waals surface area contributed by atoms with Gasteiger partial charge in [0.1, 0.15) is 38.0 Å². The van der Waals surface area contributed by atoms with Crippen LogP contribution in [0.1, 0.15) is 67.5 Å². The van der Waals surface area contributed by atoms with E-state index >= 15 is 0 Å². The van der Waals surface area contributed by atoms with E-state index in [-0.39, 0.29) is 17.1 Å². The second kappa shape index (κ2) is 33.9. The van der Waals surface area contributed by atoms with E-state index in [0.717, 1.165) is 102 Å². The Morgan fingerprint density at radius 3 is 0.425 bits per heavy atom. The van der Waals surface area contributed by atoms with Crippen LogP contribution in [-0.4, -0.2) is 89.7 Å². The Morgan fingerprint density at radius 1 is 0.179 bits per heavy atom. The molecule has 0 aliphatic rings. The number of rotatable bonds is 15. The molecule has 0 fully saturated rings. The fourth-order valence-corrected chi connectivity index (χ4v) is 7.63. The molecule has 12 heterocycles. The van der Waals surface area contributed by atoms with Gasteiger partial charge in [-0.2, -0.15) is 0 Å². The molecule has 0 bridgehead atoms. The third-order valence-electron chi connectivity index (χ3n) is 11.8. The summed E-state index contributed by atoms with van der Waals surface area (Å²) in [6, 6.07) is 34.8. The first-order chi connectivity index (χ1) is 48.9. The van der Waals surface area contributed by atoms with Gasteiger partial charge < -0.3 is 0 Å². The van der Waals surface area contributed by atoms with Gasteiger partial charge >= 0.3 is 116 Å². The zero-order chi connectivity index (χ0) is 76.3. The summed E-state index contributed by atoms with van der Waals surface area (Å²) in [5, 5.41) is 0. The van der Waals surface area contributed by atoms with Crippen molar-refractivity contribution in [2.45, 2.75) is 0 Å². The molecule has 0 spiro atoms. The molecule has 0 saturated carbocycles. The van der Waals surface area contributed by atoms with E-state index in [0.29, 0.717) is 0 Å². The first-order valence-electron chi connectivity index (χ1n) is 29.1. The average Bonchev–Trinajstić information content (AvgIpc) is 0.798. The molecule has 0 N–H and O–H groups in total. The second-order valence-electron chi connectivity index (χ2n) is 20.5. The maximum atomic E-state index is 9.87. The van der Waals surface area contributed by atoms with Gasteiger partial charge in [-0.25, -0.2) is 59.8 Å².